The molecule has 0 spiro atoms. The SMILES string of the molecule is CCC[C@@](CC)(C(=O)O)N1C(=O)[C@@H]2C[C@@H]3CCCC[C@@H]3N2C(=O)[C@@H]1C. The predicted molar refractivity (Wildman–Crippen MR) is 92.9 cm³/mol. The lowest BCUT2D eigenvalue weighted by atomic mass is 9.84. The van der Waals surface area contributed by atoms with E-state index in [-0.39, 0.29) is 17.9 Å². The van der Waals surface area contributed by atoms with E-state index in [2.05, 4.69) is 0 Å². The molecule has 6 nitrogen and oxygen atoms in total. The second kappa shape index (κ2) is 6.61. The second-order valence-electron chi connectivity index (χ2n) is 7.93. The van der Waals surface area contributed by atoms with E-state index in [0.29, 0.717) is 31.6 Å². The summed E-state index contributed by atoms with van der Waals surface area (Å²) in [6, 6.07) is -0.988. The minimum Gasteiger partial charge on any atom is -0.479 e. The summed E-state index contributed by atoms with van der Waals surface area (Å²) in [5, 5.41) is 9.96. The number of aliphatic carboxylic acids is 1. The number of carboxylic acids is 1. The Hall–Kier alpha value is -1.59. The number of carbonyl (C=O) groups excluding carboxylic acids is 2. The lowest BCUT2D eigenvalue weighted by Gasteiger charge is -2.50. The van der Waals surface area contributed by atoms with E-state index in [1.54, 1.807) is 13.8 Å². The molecule has 0 radical (unpaired) electrons. The Morgan fingerprint density at radius 1 is 1.20 bits per heavy atom. The highest BCUT2D eigenvalue weighted by molar-refractivity contribution is 6.00. The number of rotatable bonds is 5. The molecule has 0 bridgehead atoms. The van der Waals surface area contributed by atoms with Crippen LogP contribution in [0, 0.1) is 5.92 Å². The molecule has 2 amide bonds. The molecule has 25 heavy (non-hydrogen) atoms. The van der Waals surface area contributed by atoms with Crippen molar-refractivity contribution >= 4 is 17.8 Å². The van der Waals surface area contributed by atoms with Crippen molar-refractivity contribution in [1.82, 2.24) is 9.80 Å². The summed E-state index contributed by atoms with van der Waals surface area (Å²) in [5.74, 6) is -0.812. The third-order valence-corrected chi connectivity index (χ3v) is 6.72. The largest absolute Gasteiger partial charge is 0.479 e. The summed E-state index contributed by atoms with van der Waals surface area (Å²) in [6.45, 7) is 5.43. The molecule has 3 fully saturated rings. The maximum absolute atomic E-state index is 13.4. The summed E-state index contributed by atoms with van der Waals surface area (Å²) in [6.07, 6.45) is 6.36. The molecular weight excluding hydrogens is 320 g/mol. The van der Waals surface area contributed by atoms with Crippen LogP contribution < -0.4 is 0 Å². The molecule has 2 heterocycles. The van der Waals surface area contributed by atoms with Crippen LogP contribution >= 0.6 is 0 Å². The fourth-order valence-electron chi connectivity index (χ4n) is 5.50. The topological polar surface area (TPSA) is 77.9 Å². The van der Waals surface area contributed by atoms with Crippen molar-refractivity contribution in [2.24, 2.45) is 5.92 Å². The van der Waals surface area contributed by atoms with E-state index < -0.39 is 23.6 Å². The molecule has 5 atom stereocenters. The summed E-state index contributed by atoms with van der Waals surface area (Å²) in [7, 11) is 0. The quantitative estimate of drug-likeness (QED) is 0.826. The van der Waals surface area contributed by atoms with Gasteiger partial charge >= 0.3 is 5.97 Å². The first-order valence-corrected chi connectivity index (χ1v) is 9.77. The van der Waals surface area contributed by atoms with Gasteiger partial charge in [0.25, 0.3) is 0 Å². The van der Waals surface area contributed by atoms with Gasteiger partial charge in [-0.15, -0.1) is 0 Å². The fourth-order valence-corrected chi connectivity index (χ4v) is 5.50. The van der Waals surface area contributed by atoms with Crippen molar-refractivity contribution < 1.29 is 19.5 Å². The van der Waals surface area contributed by atoms with Crippen LogP contribution in [0.1, 0.15) is 72.1 Å². The zero-order chi connectivity index (χ0) is 18.4. The van der Waals surface area contributed by atoms with Gasteiger partial charge < -0.3 is 14.9 Å². The minimum absolute atomic E-state index is 0.0609. The van der Waals surface area contributed by atoms with Crippen molar-refractivity contribution in [2.45, 2.75) is 95.8 Å². The molecule has 0 aromatic heterocycles. The highest BCUT2D eigenvalue weighted by Gasteiger charge is 2.59. The number of amides is 2. The van der Waals surface area contributed by atoms with Gasteiger partial charge in [0.1, 0.15) is 17.6 Å². The van der Waals surface area contributed by atoms with E-state index in [1.165, 1.54) is 4.90 Å². The van der Waals surface area contributed by atoms with Crippen LogP contribution in [0.25, 0.3) is 0 Å². The average molecular weight is 350 g/mol. The zero-order valence-corrected chi connectivity index (χ0v) is 15.5. The lowest BCUT2D eigenvalue weighted by Crippen LogP contribution is -2.71. The van der Waals surface area contributed by atoms with E-state index in [1.807, 2.05) is 11.8 Å². The van der Waals surface area contributed by atoms with Gasteiger partial charge in [0.2, 0.25) is 11.8 Å². The van der Waals surface area contributed by atoms with Crippen molar-refractivity contribution in [3.8, 4) is 0 Å². The standard InChI is InChI=1S/C19H30N2O4/c1-4-10-19(5-2,18(24)25)21-12(3)16(22)20-14-9-7-6-8-13(14)11-15(20)17(21)23/h12-15H,4-11H2,1-3H3,(H,24,25)/t12-,13-,14-,15-,19-/m0/s1. The number of piperazine rings is 1. The van der Waals surface area contributed by atoms with Crippen LogP contribution in [0.4, 0.5) is 0 Å². The number of hydrogen-bond acceptors (Lipinski definition) is 3. The molecular formula is C19H30N2O4. The van der Waals surface area contributed by atoms with Crippen molar-refractivity contribution in [3.05, 3.63) is 0 Å². The molecule has 2 saturated heterocycles. The van der Waals surface area contributed by atoms with Gasteiger partial charge in [-0.2, -0.15) is 0 Å². The van der Waals surface area contributed by atoms with Crippen molar-refractivity contribution in [2.75, 3.05) is 0 Å². The van der Waals surface area contributed by atoms with Gasteiger partial charge in [-0.1, -0.05) is 33.1 Å². The number of fused-ring (bicyclic) bond motifs is 3. The van der Waals surface area contributed by atoms with E-state index in [4.69, 9.17) is 0 Å². The van der Waals surface area contributed by atoms with E-state index in [9.17, 15) is 19.5 Å². The summed E-state index contributed by atoms with van der Waals surface area (Å²) in [4.78, 5) is 41.9. The zero-order valence-electron chi connectivity index (χ0n) is 15.5. The molecule has 0 aromatic carbocycles. The van der Waals surface area contributed by atoms with Crippen LogP contribution in [-0.4, -0.2) is 56.4 Å². The molecule has 0 unspecified atom stereocenters. The van der Waals surface area contributed by atoms with Crippen molar-refractivity contribution in [1.29, 1.82) is 0 Å². The highest BCUT2D eigenvalue weighted by Crippen LogP contribution is 2.44. The predicted octanol–water partition coefficient (Wildman–Crippen LogP) is 2.41. The van der Waals surface area contributed by atoms with Crippen LogP contribution in [0.5, 0.6) is 0 Å². The number of carboxylic acid groups (broad SMARTS) is 1. The molecule has 1 saturated carbocycles. The van der Waals surface area contributed by atoms with Gasteiger partial charge in [0, 0.05) is 6.04 Å². The van der Waals surface area contributed by atoms with Gasteiger partial charge in [0.15, 0.2) is 0 Å². The monoisotopic (exact) mass is 350 g/mol. The Kier molecular flexibility index (Phi) is 4.82. The normalized spacial score (nSPS) is 34.5. The summed E-state index contributed by atoms with van der Waals surface area (Å²) in [5.41, 5.74) is -1.28. The fraction of sp³-hybridized carbons (Fsp3) is 0.842. The van der Waals surface area contributed by atoms with E-state index >= 15 is 0 Å². The van der Waals surface area contributed by atoms with Gasteiger partial charge in [-0.05, 0) is 44.9 Å². The third-order valence-electron chi connectivity index (χ3n) is 6.72. The van der Waals surface area contributed by atoms with Crippen molar-refractivity contribution in [3.63, 3.8) is 0 Å². The first-order valence-electron chi connectivity index (χ1n) is 9.77. The molecule has 1 aliphatic carbocycles. The molecule has 0 aromatic rings. The number of hydrogen-bond donors (Lipinski definition) is 1. The van der Waals surface area contributed by atoms with Crippen LogP contribution in [0.3, 0.4) is 0 Å². The minimum atomic E-state index is -1.28. The van der Waals surface area contributed by atoms with Crippen LogP contribution in [0.2, 0.25) is 0 Å². The smallest absolute Gasteiger partial charge is 0.329 e. The average Bonchev–Trinajstić information content (AvgIpc) is 2.98. The lowest BCUT2D eigenvalue weighted by molar-refractivity contribution is -0.177. The first kappa shape index (κ1) is 18.2. The highest BCUT2D eigenvalue weighted by atomic mass is 16.4. The second-order valence-corrected chi connectivity index (χ2v) is 7.93. The Balaban J connectivity index is 1.99. The van der Waals surface area contributed by atoms with Gasteiger partial charge in [-0.25, -0.2) is 4.79 Å². The summed E-state index contributed by atoms with van der Waals surface area (Å²) < 4.78 is 0. The number of carbonyl (C=O) groups is 3. The Morgan fingerprint density at radius 2 is 1.88 bits per heavy atom. The van der Waals surface area contributed by atoms with E-state index in [0.717, 1.165) is 25.7 Å². The van der Waals surface area contributed by atoms with Gasteiger partial charge in [-0.3, -0.25) is 9.59 Å². The molecule has 1 N–H and O–H groups in total. The Labute approximate surface area is 149 Å². The summed E-state index contributed by atoms with van der Waals surface area (Å²) >= 11 is 0. The molecule has 3 aliphatic rings. The molecule has 6 heteroatoms. The van der Waals surface area contributed by atoms with Crippen LogP contribution in [0.15, 0.2) is 0 Å². The maximum atomic E-state index is 13.4. The first-order chi connectivity index (χ1) is 11.9. The number of nitrogens with zero attached hydrogens (tertiary/aromatic N) is 2. The van der Waals surface area contributed by atoms with Crippen LogP contribution in [-0.2, 0) is 14.4 Å². The maximum Gasteiger partial charge on any atom is 0.329 e. The molecule has 3 rings (SSSR count). The Bertz CT molecular complexity index is 578. The van der Waals surface area contributed by atoms with Gasteiger partial charge in [0.05, 0.1) is 0 Å². The Morgan fingerprint density at radius 3 is 2.48 bits per heavy atom. The molecule has 140 valence electrons. The third kappa shape index (κ3) is 2.56. The molecule has 2 aliphatic heterocycles.